The van der Waals surface area contributed by atoms with Gasteiger partial charge in [0.15, 0.2) is 0 Å². The molecule has 0 radical (unpaired) electrons. The maximum absolute atomic E-state index is 11.3. The summed E-state index contributed by atoms with van der Waals surface area (Å²) in [7, 11) is 1.61. The molecule has 1 saturated heterocycles. The Morgan fingerprint density at radius 1 is 1.35 bits per heavy atom. The molecule has 1 fully saturated rings. The van der Waals surface area contributed by atoms with Gasteiger partial charge in [0, 0.05) is 11.6 Å². The highest BCUT2D eigenvalue weighted by Gasteiger charge is 2.25. The third-order valence-electron chi connectivity index (χ3n) is 3.54. The molecule has 1 heterocycles. The number of benzene rings is 1. The molecule has 5 nitrogen and oxygen atoms in total. The zero-order valence-electron chi connectivity index (χ0n) is 12.2. The van der Waals surface area contributed by atoms with Crippen molar-refractivity contribution in [3.63, 3.8) is 0 Å². The molecule has 2 unspecified atom stereocenters. The monoisotopic (exact) mass is 278 g/mol. The highest BCUT2D eigenvalue weighted by molar-refractivity contribution is 5.94. The molecular weight excluding hydrogens is 256 g/mol. The van der Waals surface area contributed by atoms with Gasteiger partial charge in [-0.25, -0.2) is 0 Å². The summed E-state index contributed by atoms with van der Waals surface area (Å²) in [6.07, 6.45) is 2.30. The number of primary amides is 1. The van der Waals surface area contributed by atoms with E-state index in [9.17, 15) is 4.79 Å². The number of anilines is 1. The molecular formula is C15H22N2O3. The van der Waals surface area contributed by atoms with Crippen molar-refractivity contribution in [2.24, 2.45) is 5.73 Å². The minimum atomic E-state index is -0.440. The molecule has 3 N–H and O–H groups in total. The second kappa shape index (κ2) is 6.13. The molecule has 1 amide bonds. The summed E-state index contributed by atoms with van der Waals surface area (Å²) in [6.45, 7) is 4.14. The van der Waals surface area contributed by atoms with E-state index in [1.54, 1.807) is 25.3 Å². The zero-order chi connectivity index (χ0) is 14.7. The number of methoxy groups -OCH3 is 1. The van der Waals surface area contributed by atoms with E-state index >= 15 is 0 Å². The second-order valence-corrected chi connectivity index (χ2v) is 5.35. The number of ether oxygens (including phenoxy) is 2. The van der Waals surface area contributed by atoms with Gasteiger partial charge in [-0.05, 0) is 44.9 Å². The van der Waals surface area contributed by atoms with Crippen molar-refractivity contribution < 1.29 is 14.3 Å². The average Bonchev–Trinajstić information content (AvgIpc) is 2.37. The van der Waals surface area contributed by atoms with Gasteiger partial charge in [-0.2, -0.15) is 0 Å². The van der Waals surface area contributed by atoms with Crippen molar-refractivity contribution >= 4 is 11.6 Å². The molecule has 0 saturated carbocycles. The van der Waals surface area contributed by atoms with Crippen LogP contribution in [-0.2, 0) is 4.74 Å². The van der Waals surface area contributed by atoms with Crippen LogP contribution < -0.4 is 15.8 Å². The Balaban J connectivity index is 2.18. The number of amides is 1. The molecule has 2 rings (SSSR count). The summed E-state index contributed by atoms with van der Waals surface area (Å²) < 4.78 is 11.1. The van der Waals surface area contributed by atoms with E-state index in [-0.39, 0.29) is 12.2 Å². The number of nitrogens with one attached hydrogen (secondary N) is 1. The smallest absolute Gasteiger partial charge is 0.248 e. The normalized spacial score (nSPS) is 26.1. The van der Waals surface area contributed by atoms with Gasteiger partial charge >= 0.3 is 0 Å². The molecule has 1 aromatic rings. The van der Waals surface area contributed by atoms with Crippen molar-refractivity contribution in [2.75, 3.05) is 12.4 Å². The van der Waals surface area contributed by atoms with E-state index in [4.69, 9.17) is 15.2 Å². The summed E-state index contributed by atoms with van der Waals surface area (Å²) in [5.41, 5.74) is 6.60. The maximum atomic E-state index is 11.3. The SMILES string of the molecule is COc1ccc(C(N)=O)cc1NC1CC(C)OC(C)C1. The van der Waals surface area contributed by atoms with E-state index < -0.39 is 5.91 Å². The van der Waals surface area contributed by atoms with Gasteiger partial charge in [0.05, 0.1) is 25.0 Å². The molecule has 20 heavy (non-hydrogen) atoms. The number of carbonyl (C=O) groups is 1. The van der Waals surface area contributed by atoms with E-state index in [1.807, 2.05) is 0 Å². The van der Waals surface area contributed by atoms with E-state index in [0.29, 0.717) is 17.4 Å². The molecule has 110 valence electrons. The van der Waals surface area contributed by atoms with Gasteiger partial charge in [-0.3, -0.25) is 4.79 Å². The van der Waals surface area contributed by atoms with Gasteiger partial charge in [0.25, 0.3) is 0 Å². The Morgan fingerprint density at radius 3 is 2.55 bits per heavy atom. The highest BCUT2D eigenvalue weighted by atomic mass is 16.5. The Bertz CT molecular complexity index is 480. The summed E-state index contributed by atoms with van der Waals surface area (Å²) in [6, 6.07) is 5.47. The number of nitrogens with two attached hydrogens (primary N) is 1. The predicted molar refractivity (Wildman–Crippen MR) is 78.2 cm³/mol. The van der Waals surface area contributed by atoms with Gasteiger partial charge in [-0.1, -0.05) is 0 Å². The first-order valence-corrected chi connectivity index (χ1v) is 6.89. The number of hydrogen-bond donors (Lipinski definition) is 2. The fourth-order valence-electron chi connectivity index (χ4n) is 2.72. The van der Waals surface area contributed by atoms with E-state index in [1.165, 1.54) is 0 Å². The van der Waals surface area contributed by atoms with Crippen LogP contribution in [0.4, 0.5) is 5.69 Å². The quantitative estimate of drug-likeness (QED) is 0.885. The first-order valence-electron chi connectivity index (χ1n) is 6.89. The second-order valence-electron chi connectivity index (χ2n) is 5.35. The van der Waals surface area contributed by atoms with Crippen molar-refractivity contribution in [1.82, 2.24) is 0 Å². The first-order chi connectivity index (χ1) is 9.49. The van der Waals surface area contributed by atoms with Crippen molar-refractivity contribution in [1.29, 1.82) is 0 Å². The molecule has 1 aliphatic heterocycles. The highest BCUT2D eigenvalue weighted by Crippen LogP contribution is 2.29. The predicted octanol–water partition coefficient (Wildman–Crippen LogP) is 2.16. The minimum Gasteiger partial charge on any atom is -0.495 e. The standard InChI is InChI=1S/C15H22N2O3/c1-9-6-12(7-10(2)20-9)17-13-8-11(15(16)18)4-5-14(13)19-3/h4-5,8-10,12,17H,6-7H2,1-3H3,(H2,16,18). The molecule has 1 aromatic carbocycles. The largest absolute Gasteiger partial charge is 0.495 e. The molecule has 0 bridgehead atoms. The summed E-state index contributed by atoms with van der Waals surface area (Å²) in [5, 5.41) is 3.44. The van der Waals surface area contributed by atoms with Crippen LogP contribution in [0.3, 0.4) is 0 Å². The lowest BCUT2D eigenvalue weighted by Gasteiger charge is -2.33. The minimum absolute atomic E-state index is 0.224. The Morgan fingerprint density at radius 2 is 2.00 bits per heavy atom. The van der Waals surface area contributed by atoms with Crippen molar-refractivity contribution in [3.05, 3.63) is 23.8 Å². The third-order valence-corrected chi connectivity index (χ3v) is 3.54. The van der Waals surface area contributed by atoms with Crippen LogP contribution in [0, 0.1) is 0 Å². The Labute approximate surface area is 119 Å². The summed E-state index contributed by atoms with van der Waals surface area (Å²) in [4.78, 5) is 11.3. The number of carbonyl (C=O) groups excluding carboxylic acids is 1. The topological polar surface area (TPSA) is 73.6 Å². The van der Waals surface area contributed by atoms with Crippen LogP contribution in [0.25, 0.3) is 0 Å². The zero-order valence-corrected chi connectivity index (χ0v) is 12.2. The van der Waals surface area contributed by atoms with Gasteiger partial charge in [0.2, 0.25) is 5.91 Å². The van der Waals surface area contributed by atoms with Gasteiger partial charge in [0.1, 0.15) is 5.75 Å². The van der Waals surface area contributed by atoms with Crippen molar-refractivity contribution in [2.45, 2.75) is 44.9 Å². The number of rotatable bonds is 4. The van der Waals surface area contributed by atoms with Gasteiger partial charge in [-0.15, -0.1) is 0 Å². The molecule has 1 aliphatic rings. The fourth-order valence-corrected chi connectivity index (χ4v) is 2.72. The van der Waals surface area contributed by atoms with E-state index in [0.717, 1.165) is 18.5 Å². The third kappa shape index (κ3) is 3.42. The number of hydrogen-bond acceptors (Lipinski definition) is 4. The Hall–Kier alpha value is -1.75. The lowest BCUT2D eigenvalue weighted by atomic mass is 9.99. The molecule has 0 aliphatic carbocycles. The molecule has 0 aromatic heterocycles. The van der Waals surface area contributed by atoms with Crippen molar-refractivity contribution in [3.8, 4) is 5.75 Å². The van der Waals surface area contributed by atoms with Crippen LogP contribution in [0.15, 0.2) is 18.2 Å². The average molecular weight is 278 g/mol. The molecule has 0 spiro atoms. The maximum Gasteiger partial charge on any atom is 0.248 e. The summed E-state index contributed by atoms with van der Waals surface area (Å²) >= 11 is 0. The first kappa shape index (κ1) is 14.7. The van der Waals surface area contributed by atoms with Crippen LogP contribution in [0.1, 0.15) is 37.0 Å². The lowest BCUT2D eigenvalue weighted by molar-refractivity contribution is -0.0338. The van der Waals surface area contributed by atoms with E-state index in [2.05, 4.69) is 19.2 Å². The van der Waals surface area contributed by atoms with Crippen LogP contribution in [0.2, 0.25) is 0 Å². The van der Waals surface area contributed by atoms with Crippen LogP contribution in [0.5, 0.6) is 5.75 Å². The van der Waals surface area contributed by atoms with Crippen LogP contribution in [-0.4, -0.2) is 31.3 Å². The fraction of sp³-hybridized carbons (Fsp3) is 0.533. The Kier molecular flexibility index (Phi) is 4.49. The van der Waals surface area contributed by atoms with Crippen LogP contribution >= 0.6 is 0 Å². The van der Waals surface area contributed by atoms with Gasteiger partial charge < -0.3 is 20.5 Å². The summed E-state index contributed by atoms with van der Waals surface area (Å²) in [5.74, 6) is 0.270. The molecule has 5 heteroatoms. The molecule has 2 atom stereocenters. The lowest BCUT2D eigenvalue weighted by Crippen LogP contribution is -2.37.